The smallest absolute Gasteiger partial charge is 0.330 e. The van der Waals surface area contributed by atoms with E-state index >= 15 is 0 Å². The Morgan fingerprint density at radius 1 is 1.19 bits per heavy atom. The number of nitrogens with zero attached hydrogens (tertiary/aromatic N) is 1. The monoisotopic (exact) mass is 294 g/mol. The van der Waals surface area contributed by atoms with Crippen LogP contribution in [-0.4, -0.2) is 47.3 Å². The molecule has 6 nitrogen and oxygen atoms in total. The number of carboxylic acids is 1. The highest BCUT2D eigenvalue weighted by atomic mass is 16.4. The van der Waals surface area contributed by atoms with Gasteiger partial charge in [0.25, 0.3) is 0 Å². The fourth-order valence-electron chi connectivity index (χ4n) is 1.91. The number of aliphatic hydroxyl groups is 1. The molecule has 21 heavy (non-hydrogen) atoms. The summed E-state index contributed by atoms with van der Waals surface area (Å²) in [7, 11) is 1.62. The van der Waals surface area contributed by atoms with Gasteiger partial charge in [-0.1, -0.05) is 30.3 Å². The summed E-state index contributed by atoms with van der Waals surface area (Å²) in [5, 5.41) is 20.4. The van der Waals surface area contributed by atoms with E-state index in [0.29, 0.717) is 18.5 Å². The molecule has 0 radical (unpaired) electrons. The molecule has 0 saturated heterocycles. The van der Waals surface area contributed by atoms with Crippen molar-refractivity contribution in [3.05, 3.63) is 35.9 Å². The van der Waals surface area contributed by atoms with Crippen molar-refractivity contribution in [1.82, 2.24) is 10.2 Å². The highest BCUT2D eigenvalue weighted by molar-refractivity contribution is 5.83. The maximum atomic E-state index is 12.0. The van der Waals surface area contributed by atoms with Crippen LogP contribution in [0, 0.1) is 0 Å². The molecule has 116 valence electrons. The first-order valence-electron chi connectivity index (χ1n) is 6.96. The third-order valence-electron chi connectivity index (χ3n) is 3.15. The Labute approximate surface area is 124 Å². The van der Waals surface area contributed by atoms with Gasteiger partial charge in [0.05, 0.1) is 0 Å². The van der Waals surface area contributed by atoms with Crippen LogP contribution in [0.3, 0.4) is 0 Å². The number of aliphatic hydroxyl groups excluding tert-OH is 1. The van der Waals surface area contributed by atoms with Crippen LogP contribution in [0.5, 0.6) is 0 Å². The lowest BCUT2D eigenvalue weighted by Crippen LogP contribution is -2.42. The lowest BCUT2D eigenvalue weighted by molar-refractivity contribution is -0.139. The molecule has 1 rings (SSSR count). The first-order chi connectivity index (χ1) is 10.1. The summed E-state index contributed by atoms with van der Waals surface area (Å²) in [4.78, 5) is 24.7. The second-order valence-corrected chi connectivity index (χ2v) is 4.84. The molecule has 3 N–H and O–H groups in total. The van der Waals surface area contributed by atoms with E-state index in [1.807, 2.05) is 0 Å². The number of aliphatic carboxylic acids is 1. The van der Waals surface area contributed by atoms with E-state index in [-0.39, 0.29) is 6.61 Å². The molecule has 6 heteroatoms. The lowest BCUT2D eigenvalue weighted by Gasteiger charge is -2.21. The van der Waals surface area contributed by atoms with Crippen molar-refractivity contribution in [3.63, 3.8) is 0 Å². The molecule has 0 aliphatic carbocycles. The second-order valence-electron chi connectivity index (χ2n) is 4.84. The number of carbonyl (C=O) groups is 2. The number of carbonyl (C=O) groups excluding carboxylic acids is 1. The summed E-state index contributed by atoms with van der Waals surface area (Å²) in [6, 6.07) is 7.11. The number of carboxylic acid groups (broad SMARTS) is 1. The predicted octanol–water partition coefficient (Wildman–Crippen LogP) is 1.62. The Morgan fingerprint density at radius 3 is 2.43 bits per heavy atom. The van der Waals surface area contributed by atoms with E-state index < -0.39 is 18.0 Å². The van der Waals surface area contributed by atoms with E-state index in [9.17, 15) is 14.7 Å². The van der Waals surface area contributed by atoms with Crippen LogP contribution in [0.25, 0.3) is 0 Å². The molecule has 1 aromatic rings. The number of unbranched alkanes of at least 4 members (excludes halogenated alkanes) is 2. The Bertz CT molecular complexity index is 450. The normalized spacial score (nSPS) is 11.7. The highest BCUT2D eigenvalue weighted by Gasteiger charge is 2.23. The Balaban J connectivity index is 2.55. The number of urea groups is 1. The largest absolute Gasteiger partial charge is 0.479 e. The van der Waals surface area contributed by atoms with Gasteiger partial charge in [-0.25, -0.2) is 9.59 Å². The van der Waals surface area contributed by atoms with Crippen molar-refractivity contribution in [1.29, 1.82) is 0 Å². The number of amides is 2. The second kappa shape index (κ2) is 8.97. The fraction of sp³-hybridized carbons (Fsp3) is 0.467. The van der Waals surface area contributed by atoms with Crippen molar-refractivity contribution in [2.75, 3.05) is 20.2 Å². The van der Waals surface area contributed by atoms with E-state index in [0.717, 1.165) is 12.8 Å². The van der Waals surface area contributed by atoms with Crippen LogP contribution >= 0.6 is 0 Å². The van der Waals surface area contributed by atoms with E-state index in [1.165, 1.54) is 4.90 Å². The van der Waals surface area contributed by atoms with Gasteiger partial charge in [0.1, 0.15) is 0 Å². The third-order valence-corrected chi connectivity index (χ3v) is 3.15. The summed E-state index contributed by atoms with van der Waals surface area (Å²) in [6.07, 6.45) is 2.31. The quantitative estimate of drug-likeness (QED) is 0.635. The van der Waals surface area contributed by atoms with Crippen molar-refractivity contribution < 1.29 is 19.8 Å². The van der Waals surface area contributed by atoms with Crippen LogP contribution in [0.4, 0.5) is 4.79 Å². The zero-order valence-electron chi connectivity index (χ0n) is 12.2. The summed E-state index contributed by atoms with van der Waals surface area (Å²) < 4.78 is 0. The van der Waals surface area contributed by atoms with Crippen LogP contribution in [-0.2, 0) is 4.79 Å². The molecular weight excluding hydrogens is 272 g/mol. The van der Waals surface area contributed by atoms with Gasteiger partial charge in [-0.05, 0) is 24.8 Å². The van der Waals surface area contributed by atoms with Crippen LogP contribution in [0.2, 0.25) is 0 Å². The molecule has 0 saturated carbocycles. The molecule has 2 amide bonds. The number of hydrogen-bond acceptors (Lipinski definition) is 3. The number of rotatable bonds is 8. The lowest BCUT2D eigenvalue weighted by atomic mass is 10.1. The van der Waals surface area contributed by atoms with Crippen molar-refractivity contribution >= 4 is 12.0 Å². The molecule has 0 spiro atoms. The van der Waals surface area contributed by atoms with Gasteiger partial charge in [0.2, 0.25) is 0 Å². The first-order valence-corrected chi connectivity index (χ1v) is 6.96. The average Bonchev–Trinajstić information content (AvgIpc) is 2.49. The van der Waals surface area contributed by atoms with Gasteiger partial charge >= 0.3 is 12.0 Å². The van der Waals surface area contributed by atoms with Gasteiger partial charge in [-0.15, -0.1) is 0 Å². The van der Waals surface area contributed by atoms with Crippen molar-refractivity contribution in [3.8, 4) is 0 Å². The molecule has 0 unspecified atom stereocenters. The SMILES string of the molecule is CN(CCCCCO)C(=O)N[C@H](C(=O)O)c1ccccc1. The molecule has 0 aliphatic heterocycles. The summed E-state index contributed by atoms with van der Waals surface area (Å²) in [5.41, 5.74) is 0.534. The van der Waals surface area contributed by atoms with E-state index in [2.05, 4.69) is 5.32 Å². The maximum absolute atomic E-state index is 12.0. The Morgan fingerprint density at radius 2 is 1.86 bits per heavy atom. The van der Waals surface area contributed by atoms with Gasteiger partial charge in [-0.3, -0.25) is 0 Å². The average molecular weight is 294 g/mol. The molecule has 1 aromatic carbocycles. The standard InChI is InChI=1S/C15H22N2O4/c1-17(10-6-3-7-11-18)15(21)16-13(14(19)20)12-8-4-2-5-9-12/h2,4-5,8-9,13,18H,3,6-7,10-11H2,1H3,(H,16,21)(H,19,20)/t13-/m0/s1. The van der Waals surface area contributed by atoms with Crippen molar-refractivity contribution in [2.45, 2.75) is 25.3 Å². The number of hydrogen-bond donors (Lipinski definition) is 3. The summed E-state index contributed by atoms with van der Waals surface area (Å²) in [6.45, 7) is 0.665. The zero-order valence-corrected chi connectivity index (χ0v) is 12.2. The molecule has 0 aliphatic rings. The molecule has 0 heterocycles. The third kappa shape index (κ3) is 5.83. The van der Waals surface area contributed by atoms with E-state index in [1.54, 1.807) is 37.4 Å². The zero-order chi connectivity index (χ0) is 15.7. The Hall–Kier alpha value is -2.08. The summed E-state index contributed by atoms with van der Waals surface area (Å²) >= 11 is 0. The summed E-state index contributed by atoms with van der Waals surface area (Å²) in [5.74, 6) is -1.09. The number of benzene rings is 1. The highest BCUT2D eigenvalue weighted by Crippen LogP contribution is 2.13. The topological polar surface area (TPSA) is 89.9 Å². The molecule has 1 atom stereocenters. The van der Waals surface area contributed by atoms with Crippen molar-refractivity contribution in [2.24, 2.45) is 0 Å². The van der Waals surface area contributed by atoms with E-state index in [4.69, 9.17) is 5.11 Å². The predicted molar refractivity (Wildman–Crippen MR) is 78.9 cm³/mol. The minimum atomic E-state index is -1.09. The number of nitrogens with one attached hydrogen (secondary N) is 1. The van der Waals surface area contributed by atoms with Gasteiger partial charge in [-0.2, -0.15) is 0 Å². The van der Waals surface area contributed by atoms with Crippen LogP contribution < -0.4 is 5.32 Å². The molecule has 0 fully saturated rings. The van der Waals surface area contributed by atoms with Crippen LogP contribution in [0.15, 0.2) is 30.3 Å². The molecule has 0 aromatic heterocycles. The first kappa shape index (κ1) is 17.0. The van der Waals surface area contributed by atoms with Gasteiger partial charge in [0.15, 0.2) is 6.04 Å². The van der Waals surface area contributed by atoms with Gasteiger partial charge in [0, 0.05) is 20.2 Å². The fourth-order valence-corrected chi connectivity index (χ4v) is 1.91. The minimum absolute atomic E-state index is 0.144. The molecular formula is C15H22N2O4. The molecule has 0 bridgehead atoms. The van der Waals surface area contributed by atoms with Crippen LogP contribution in [0.1, 0.15) is 30.9 Å². The maximum Gasteiger partial charge on any atom is 0.330 e. The van der Waals surface area contributed by atoms with Gasteiger partial charge < -0.3 is 20.4 Å². The minimum Gasteiger partial charge on any atom is -0.479 e. The Kier molecular flexibility index (Phi) is 7.25.